The van der Waals surface area contributed by atoms with Gasteiger partial charge in [0.1, 0.15) is 0 Å². The zero-order valence-corrected chi connectivity index (χ0v) is 17.5. The third-order valence-corrected chi connectivity index (χ3v) is 6.62. The summed E-state index contributed by atoms with van der Waals surface area (Å²) in [7, 11) is 0. The first kappa shape index (κ1) is 18.4. The molecule has 0 saturated heterocycles. The summed E-state index contributed by atoms with van der Waals surface area (Å²) in [5.74, 6) is 1.13. The second kappa shape index (κ2) is 8.02. The van der Waals surface area contributed by atoms with Crippen molar-refractivity contribution in [2.45, 2.75) is 17.1 Å². The average Bonchev–Trinajstić information content (AvgIpc) is 3.23. The van der Waals surface area contributed by atoms with Crippen LogP contribution in [0.1, 0.15) is 16.7 Å². The van der Waals surface area contributed by atoms with Gasteiger partial charge in [-0.25, -0.2) is 0 Å². The number of thiophene rings is 1. The second-order valence-electron chi connectivity index (χ2n) is 6.33. The Bertz CT molecular complexity index is 1150. The SMILES string of the molecule is Clc1ccccc1CSc1nnc2c(n1)O[C@H](c1cccs1)Nc1ccccc1-2. The van der Waals surface area contributed by atoms with E-state index in [9.17, 15) is 0 Å². The predicted molar refractivity (Wildman–Crippen MR) is 118 cm³/mol. The molecule has 1 aliphatic heterocycles. The van der Waals surface area contributed by atoms with Crippen LogP contribution >= 0.6 is 34.7 Å². The molecule has 8 heteroatoms. The third-order valence-electron chi connectivity index (χ3n) is 4.45. The Kier molecular flexibility index (Phi) is 5.10. The molecular formula is C21H15ClN4OS2. The number of halogens is 1. The quantitative estimate of drug-likeness (QED) is 0.391. The molecule has 3 heterocycles. The van der Waals surface area contributed by atoms with Crippen LogP contribution in [0.25, 0.3) is 11.3 Å². The van der Waals surface area contributed by atoms with E-state index >= 15 is 0 Å². The molecule has 0 unspecified atom stereocenters. The van der Waals surface area contributed by atoms with Gasteiger partial charge in [0, 0.05) is 22.0 Å². The summed E-state index contributed by atoms with van der Waals surface area (Å²) < 4.78 is 6.25. The van der Waals surface area contributed by atoms with Crippen LogP contribution < -0.4 is 10.1 Å². The van der Waals surface area contributed by atoms with Gasteiger partial charge in [-0.1, -0.05) is 65.8 Å². The number of fused-ring (bicyclic) bond motifs is 3. The van der Waals surface area contributed by atoms with Crippen LogP contribution in [-0.4, -0.2) is 15.2 Å². The minimum Gasteiger partial charge on any atom is -0.447 e. The van der Waals surface area contributed by atoms with E-state index < -0.39 is 0 Å². The standard InChI is InChI=1S/C21H15ClN4OS2/c22-15-8-3-1-6-13(15)12-29-21-24-20-18(25-26-21)14-7-2-4-9-16(14)23-19(27-20)17-10-5-11-28-17/h1-11,19,23H,12H2/t19-/m1/s1. The van der Waals surface area contributed by atoms with Crippen LogP contribution in [-0.2, 0) is 5.75 Å². The highest BCUT2D eigenvalue weighted by atomic mass is 35.5. The van der Waals surface area contributed by atoms with Crippen molar-refractivity contribution in [3.8, 4) is 17.1 Å². The molecular weight excluding hydrogens is 424 g/mol. The van der Waals surface area contributed by atoms with Crippen LogP contribution in [0.15, 0.2) is 71.2 Å². The number of nitrogens with one attached hydrogen (secondary N) is 1. The van der Waals surface area contributed by atoms with Gasteiger partial charge < -0.3 is 10.1 Å². The molecule has 2 aromatic heterocycles. The lowest BCUT2D eigenvalue weighted by Crippen LogP contribution is -2.15. The topological polar surface area (TPSA) is 59.9 Å². The van der Waals surface area contributed by atoms with Crippen molar-refractivity contribution in [3.05, 3.63) is 81.5 Å². The molecule has 2 aromatic carbocycles. The summed E-state index contributed by atoms with van der Waals surface area (Å²) in [6.45, 7) is 0. The van der Waals surface area contributed by atoms with E-state index in [4.69, 9.17) is 16.3 Å². The molecule has 1 atom stereocenters. The molecule has 0 amide bonds. The summed E-state index contributed by atoms with van der Waals surface area (Å²) in [4.78, 5) is 5.73. The first-order valence-electron chi connectivity index (χ1n) is 8.95. The van der Waals surface area contributed by atoms with E-state index in [-0.39, 0.29) is 6.23 Å². The van der Waals surface area contributed by atoms with E-state index in [1.807, 2.05) is 66.0 Å². The van der Waals surface area contributed by atoms with Crippen molar-refractivity contribution in [1.29, 1.82) is 0 Å². The highest BCUT2D eigenvalue weighted by Crippen LogP contribution is 2.40. The summed E-state index contributed by atoms with van der Waals surface area (Å²) in [6.07, 6.45) is -0.337. The van der Waals surface area contributed by atoms with E-state index in [0.29, 0.717) is 22.5 Å². The molecule has 1 aliphatic rings. The van der Waals surface area contributed by atoms with Crippen molar-refractivity contribution in [3.63, 3.8) is 0 Å². The Morgan fingerprint density at radius 3 is 2.76 bits per heavy atom. The van der Waals surface area contributed by atoms with Crippen molar-refractivity contribution in [2.75, 3.05) is 5.32 Å². The number of aromatic nitrogens is 3. The van der Waals surface area contributed by atoms with E-state index in [1.54, 1.807) is 11.3 Å². The third kappa shape index (κ3) is 3.81. The Morgan fingerprint density at radius 2 is 1.90 bits per heavy atom. The maximum Gasteiger partial charge on any atom is 0.247 e. The molecule has 144 valence electrons. The van der Waals surface area contributed by atoms with Crippen LogP contribution in [0, 0.1) is 0 Å². The molecule has 0 radical (unpaired) electrons. The number of para-hydroxylation sites is 1. The highest BCUT2D eigenvalue weighted by Gasteiger charge is 2.26. The van der Waals surface area contributed by atoms with Crippen LogP contribution in [0.3, 0.4) is 0 Å². The fourth-order valence-electron chi connectivity index (χ4n) is 3.04. The molecule has 0 bridgehead atoms. The predicted octanol–water partition coefficient (Wildman–Crippen LogP) is 6.05. The van der Waals surface area contributed by atoms with E-state index in [2.05, 4.69) is 20.5 Å². The maximum atomic E-state index is 6.26. The molecule has 0 spiro atoms. The molecule has 0 aliphatic carbocycles. The summed E-state index contributed by atoms with van der Waals surface area (Å²) in [6, 6.07) is 19.8. The van der Waals surface area contributed by atoms with Gasteiger partial charge in [0.15, 0.2) is 5.69 Å². The van der Waals surface area contributed by atoms with Gasteiger partial charge in [-0.05, 0) is 29.1 Å². The Balaban J connectivity index is 1.49. The number of anilines is 1. The number of hydrogen-bond acceptors (Lipinski definition) is 7. The van der Waals surface area contributed by atoms with E-state index in [0.717, 1.165) is 26.7 Å². The number of rotatable bonds is 4. The molecule has 4 aromatic rings. The molecule has 0 fully saturated rings. The van der Waals surface area contributed by atoms with Gasteiger partial charge in [-0.2, -0.15) is 4.98 Å². The molecule has 5 nitrogen and oxygen atoms in total. The van der Waals surface area contributed by atoms with Gasteiger partial charge in [-0.3, -0.25) is 0 Å². The van der Waals surface area contributed by atoms with Crippen LogP contribution in [0.2, 0.25) is 5.02 Å². The van der Waals surface area contributed by atoms with Gasteiger partial charge in [-0.15, -0.1) is 21.5 Å². The average molecular weight is 439 g/mol. The summed E-state index contributed by atoms with van der Waals surface area (Å²) >= 11 is 9.37. The first-order chi connectivity index (χ1) is 14.3. The number of nitrogens with zero attached hydrogens (tertiary/aromatic N) is 3. The molecule has 5 rings (SSSR count). The molecule has 0 saturated carbocycles. The molecule has 29 heavy (non-hydrogen) atoms. The van der Waals surface area contributed by atoms with Gasteiger partial charge >= 0.3 is 0 Å². The number of benzene rings is 2. The normalized spacial score (nSPS) is 14.9. The monoisotopic (exact) mass is 438 g/mol. The minimum absolute atomic E-state index is 0.337. The fourth-order valence-corrected chi connectivity index (χ4v) is 4.80. The van der Waals surface area contributed by atoms with E-state index in [1.165, 1.54) is 11.8 Å². The highest BCUT2D eigenvalue weighted by molar-refractivity contribution is 7.98. The van der Waals surface area contributed by atoms with Gasteiger partial charge in [0.2, 0.25) is 17.3 Å². The Labute approximate surface area is 181 Å². The van der Waals surface area contributed by atoms with Gasteiger partial charge in [0.05, 0.1) is 4.88 Å². The van der Waals surface area contributed by atoms with Crippen molar-refractivity contribution >= 4 is 40.4 Å². The zero-order valence-electron chi connectivity index (χ0n) is 15.1. The number of hydrogen-bond donors (Lipinski definition) is 1. The summed E-state index contributed by atoms with van der Waals surface area (Å²) in [5, 5.41) is 15.5. The number of thioether (sulfide) groups is 1. The smallest absolute Gasteiger partial charge is 0.247 e. The summed E-state index contributed by atoms with van der Waals surface area (Å²) in [5.41, 5.74) is 3.53. The van der Waals surface area contributed by atoms with Crippen molar-refractivity contribution < 1.29 is 4.74 Å². The van der Waals surface area contributed by atoms with Crippen LogP contribution in [0.4, 0.5) is 5.69 Å². The Hall–Kier alpha value is -2.61. The zero-order chi connectivity index (χ0) is 19.6. The van der Waals surface area contributed by atoms with Crippen LogP contribution in [0.5, 0.6) is 5.88 Å². The minimum atomic E-state index is -0.337. The van der Waals surface area contributed by atoms with Crippen molar-refractivity contribution in [1.82, 2.24) is 15.2 Å². The number of ether oxygens (including phenoxy) is 1. The fraction of sp³-hybridized carbons (Fsp3) is 0.0952. The molecule has 1 N–H and O–H groups in total. The lowest BCUT2D eigenvalue weighted by Gasteiger charge is -2.17. The van der Waals surface area contributed by atoms with Crippen molar-refractivity contribution in [2.24, 2.45) is 0 Å². The second-order valence-corrected chi connectivity index (χ2v) is 8.66. The largest absolute Gasteiger partial charge is 0.447 e. The lowest BCUT2D eigenvalue weighted by molar-refractivity contribution is 0.229. The lowest BCUT2D eigenvalue weighted by atomic mass is 10.1. The van der Waals surface area contributed by atoms with Gasteiger partial charge in [0.25, 0.3) is 0 Å². The first-order valence-corrected chi connectivity index (χ1v) is 11.2. The maximum absolute atomic E-state index is 6.26. The Morgan fingerprint density at radius 1 is 1.03 bits per heavy atom.